The van der Waals surface area contributed by atoms with Gasteiger partial charge in [-0.1, -0.05) is 18.2 Å². The molecule has 2 aromatic carbocycles. The van der Waals surface area contributed by atoms with Crippen molar-refractivity contribution in [3.63, 3.8) is 0 Å². The first-order valence-corrected chi connectivity index (χ1v) is 10.5. The summed E-state index contributed by atoms with van der Waals surface area (Å²) >= 11 is 0. The van der Waals surface area contributed by atoms with Crippen molar-refractivity contribution in [3.8, 4) is 11.4 Å². The maximum absolute atomic E-state index is 12.5. The van der Waals surface area contributed by atoms with Crippen LogP contribution in [0.1, 0.15) is 39.4 Å². The monoisotopic (exact) mass is 413 g/mol. The molecule has 6 nitrogen and oxygen atoms in total. The van der Waals surface area contributed by atoms with E-state index in [0.717, 1.165) is 41.3 Å². The number of hydrogen-bond acceptors (Lipinski definition) is 3. The summed E-state index contributed by atoms with van der Waals surface area (Å²) in [6, 6.07) is 19.7. The van der Waals surface area contributed by atoms with E-state index < -0.39 is 0 Å². The Bertz CT molecular complexity index is 1170. The number of amides is 1. The number of aromatic nitrogens is 4. The second-order valence-electron chi connectivity index (χ2n) is 7.77. The number of carbonyl (C=O) groups excluding carboxylic acids is 1. The zero-order valence-electron chi connectivity index (χ0n) is 18.2. The van der Waals surface area contributed by atoms with Crippen molar-refractivity contribution in [1.29, 1.82) is 0 Å². The normalized spacial score (nSPS) is 10.9. The zero-order valence-corrected chi connectivity index (χ0v) is 18.2. The van der Waals surface area contributed by atoms with Gasteiger partial charge in [-0.15, -0.1) is 0 Å². The molecule has 0 radical (unpaired) electrons. The molecule has 0 saturated carbocycles. The summed E-state index contributed by atoms with van der Waals surface area (Å²) in [5.41, 5.74) is 6.92. The number of hydrogen-bond donors (Lipinski definition) is 1. The molecule has 0 unspecified atom stereocenters. The van der Waals surface area contributed by atoms with Crippen LogP contribution in [0.4, 0.5) is 0 Å². The molecule has 0 spiro atoms. The third-order valence-corrected chi connectivity index (χ3v) is 5.31. The van der Waals surface area contributed by atoms with E-state index in [-0.39, 0.29) is 5.91 Å². The molecule has 0 aliphatic heterocycles. The molecular weight excluding hydrogens is 386 g/mol. The van der Waals surface area contributed by atoms with Crippen LogP contribution in [0.2, 0.25) is 0 Å². The van der Waals surface area contributed by atoms with Gasteiger partial charge in [-0.2, -0.15) is 10.2 Å². The van der Waals surface area contributed by atoms with Crippen LogP contribution in [0.25, 0.3) is 11.4 Å². The number of benzene rings is 2. The highest BCUT2D eigenvalue weighted by atomic mass is 16.1. The van der Waals surface area contributed by atoms with Gasteiger partial charge in [-0.3, -0.25) is 4.79 Å². The van der Waals surface area contributed by atoms with E-state index >= 15 is 0 Å². The molecule has 0 fully saturated rings. The van der Waals surface area contributed by atoms with E-state index in [4.69, 9.17) is 0 Å². The average molecular weight is 414 g/mol. The predicted octanol–water partition coefficient (Wildman–Crippen LogP) is 4.35. The summed E-state index contributed by atoms with van der Waals surface area (Å²) in [6.07, 6.45) is 3.80. The highest BCUT2D eigenvalue weighted by Crippen LogP contribution is 2.14. The fourth-order valence-electron chi connectivity index (χ4n) is 3.68. The summed E-state index contributed by atoms with van der Waals surface area (Å²) in [6.45, 7) is 6.64. The predicted molar refractivity (Wildman–Crippen MR) is 122 cm³/mol. The van der Waals surface area contributed by atoms with E-state index in [0.29, 0.717) is 12.1 Å². The first-order valence-electron chi connectivity index (χ1n) is 10.5. The largest absolute Gasteiger partial charge is 0.352 e. The number of nitrogens with one attached hydrogen (secondary N) is 1. The number of aryl methyl sites for hydroxylation is 4. The van der Waals surface area contributed by atoms with Crippen LogP contribution in [0.3, 0.4) is 0 Å². The van der Waals surface area contributed by atoms with Gasteiger partial charge in [0.1, 0.15) is 0 Å². The molecule has 31 heavy (non-hydrogen) atoms. The Morgan fingerprint density at radius 3 is 2.35 bits per heavy atom. The van der Waals surface area contributed by atoms with E-state index in [1.165, 1.54) is 5.56 Å². The molecule has 0 bridgehead atoms. The number of rotatable bonds is 7. The summed E-state index contributed by atoms with van der Waals surface area (Å²) < 4.78 is 3.79. The molecule has 4 rings (SSSR count). The van der Waals surface area contributed by atoms with Crippen LogP contribution in [0.5, 0.6) is 0 Å². The Hall–Kier alpha value is -3.67. The summed E-state index contributed by atoms with van der Waals surface area (Å²) in [7, 11) is 0. The van der Waals surface area contributed by atoms with Crippen molar-refractivity contribution in [2.75, 3.05) is 6.54 Å². The van der Waals surface area contributed by atoms with E-state index in [9.17, 15) is 4.79 Å². The standard InChI is InChI=1S/C25H27N5O/c1-18-16-19(2)30(27-18)24-13-11-21(12-14-24)25(31)26-15-7-8-22-17-29(28-20(22)3)23-9-5-4-6-10-23/h4-6,9-14,16-17H,7-8,15H2,1-3H3,(H,26,31). The Labute approximate surface area is 182 Å². The van der Waals surface area contributed by atoms with E-state index in [1.54, 1.807) is 0 Å². The molecule has 2 aromatic heterocycles. The highest BCUT2D eigenvalue weighted by Gasteiger charge is 2.09. The summed E-state index contributed by atoms with van der Waals surface area (Å²) in [5.74, 6) is -0.0587. The maximum Gasteiger partial charge on any atom is 0.251 e. The molecule has 0 aliphatic rings. The quantitative estimate of drug-likeness (QED) is 0.458. The van der Waals surface area contributed by atoms with Crippen LogP contribution in [-0.2, 0) is 6.42 Å². The van der Waals surface area contributed by atoms with Gasteiger partial charge in [0.05, 0.1) is 22.8 Å². The van der Waals surface area contributed by atoms with Crippen LogP contribution >= 0.6 is 0 Å². The lowest BCUT2D eigenvalue weighted by Crippen LogP contribution is -2.24. The van der Waals surface area contributed by atoms with Crippen LogP contribution < -0.4 is 5.32 Å². The second kappa shape index (κ2) is 9.00. The fourth-order valence-corrected chi connectivity index (χ4v) is 3.68. The number of nitrogens with zero attached hydrogens (tertiary/aromatic N) is 4. The van der Waals surface area contributed by atoms with Gasteiger partial charge in [0.2, 0.25) is 0 Å². The lowest BCUT2D eigenvalue weighted by atomic mass is 10.1. The minimum atomic E-state index is -0.0587. The minimum Gasteiger partial charge on any atom is -0.352 e. The lowest BCUT2D eigenvalue weighted by Gasteiger charge is -2.07. The molecule has 6 heteroatoms. The molecule has 0 atom stereocenters. The molecule has 4 aromatic rings. The minimum absolute atomic E-state index is 0.0587. The smallest absolute Gasteiger partial charge is 0.251 e. The molecule has 158 valence electrons. The van der Waals surface area contributed by atoms with Crippen LogP contribution in [0.15, 0.2) is 66.9 Å². The third-order valence-electron chi connectivity index (χ3n) is 5.31. The van der Waals surface area contributed by atoms with Crippen molar-refractivity contribution in [2.24, 2.45) is 0 Å². The molecule has 1 amide bonds. The molecule has 0 aliphatic carbocycles. The van der Waals surface area contributed by atoms with Crippen molar-refractivity contribution in [1.82, 2.24) is 24.9 Å². The van der Waals surface area contributed by atoms with E-state index in [1.807, 2.05) is 90.8 Å². The molecule has 0 saturated heterocycles. The van der Waals surface area contributed by atoms with Gasteiger partial charge in [-0.05, 0) is 81.6 Å². The molecule has 2 heterocycles. The maximum atomic E-state index is 12.5. The van der Waals surface area contributed by atoms with Gasteiger partial charge >= 0.3 is 0 Å². The zero-order chi connectivity index (χ0) is 21.8. The van der Waals surface area contributed by atoms with Gasteiger partial charge in [-0.25, -0.2) is 9.36 Å². The SMILES string of the molecule is Cc1cc(C)n(-c2ccc(C(=O)NCCCc3cn(-c4ccccc4)nc3C)cc2)n1. The Balaban J connectivity index is 1.30. The number of carbonyl (C=O) groups is 1. The third kappa shape index (κ3) is 4.74. The average Bonchev–Trinajstić information content (AvgIpc) is 3.32. The highest BCUT2D eigenvalue weighted by molar-refractivity contribution is 5.94. The molecule has 1 N–H and O–H groups in total. The first-order chi connectivity index (χ1) is 15.0. The van der Waals surface area contributed by atoms with Gasteiger partial charge in [0.25, 0.3) is 5.91 Å². The van der Waals surface area contributed by atoms with Gasteiger partial charge in [0.15, 0.2) is 0 Å². The van der Waals surface area contributed by atoms with Crippen molar-refractivity contribution in [3.05, 3.63) is 95.1 Å². The van der Waals surface area contributed by atoms with Crippen molar-refractivity contribution in [2.45, 2.75) is 33.6 Å². The van der Waals surface area contributed by atoms with Gasteiger partial charge < -0.3 is 5.32 Å². The Kier molecular flexibility index (Phi) is 5.98. The van der Waals surface area contributed by atoms with Crippen LogP contribution in [0, 0.1) is 20.8 Å². The summed E-state index contributed by atoms with van der Waals surface area (Å²) in [5, 5.41) is 12.1. The number of para-hydroxylation sites is 1. The van der Waals surface area contributed by atoms with Gasteiger partial charge in [0, 0.05) is 24.0 Å². The Morgan fingerprint density at radius 2 is 1.68 bits per heavy atom. The first kappa shape index (κ1) is 20.6. The Morgan fingerprint density at radius 1 is 0.935 bits per heavy atom. The summed E-state index contributed by atoms with van der Waals surface area (Å²) in [4.78, 5) is 12.5. The second-order valence-corrected chi connectivity index (χ2v) is 7.77. The topological polar surface area (TPSA) is 64.7 Å². The van der Waals surface area contributed by atoms with E-state index in [2.05, 4.69) is 21.7 Å². The fraction of sp³-hybridized carbons (Fsp3) is 0.240. The lowest BCUT2D eigenvalue weighted by molar-refractivity contribution is 0.0953. The molecular formula is C25H27N5O. The van der Waals surface area contributed by atoms with Crippen molar-refractivity contribution >= 4 is 5.91 Å². The van der Waals surface area contributed by atoms with Crippen molar-refractivity contribution < 1.29 is 4.79 Å². The van der Waals surface area contributed by atoms with Crippen LogP contribution in [-0.4, -0.2) is 32.0 Å².